The van der Waals surface area contributed by atoms with Gasteiger partial charge < -0.3 is 25.0 Å². The van der Waals surface area contributed by atoms with E-state index in [9.17, 15) is 4.79 Å². The third-order valence-electron chi connectivity index (χ3n) is 4.16. The van der Waals surface area contributed by atoms with Gasteiger partial charge in [-0.1, -0.05) is 29.3 Å². The minimum Gasteiger partial charge on any atom is -0.490 e. The minimum atomic E-state index is -0.248. The molecule has 0 aromatic heterocycles. The molecule has 6 nitrogen and oxygen atoms in total. The first-order valence-electron chi connectivity index (χ1n) is 9.69. The number of amides is 1. The van der Waals surface area contributed by atoms with Crippen LogP contribution in [0.4, 0.5) is 5.69 Å². The lowest BCUT2D eigenvalue weighted by atomic mass is 10.2. The molecular formula is C22H30ClN3O3. The number of aryl methyl sites for hydroxylation is 1. The highest BCUT2D eigenvalue weighted by Gasteiger charge is 2.13. The zero-order valence-corrected chi connectivity index (χ0v) is 18.3. The highest BCUT2D eigenvalue weighted by Crippen LogP contribution is 2.33. The quantitative estimate of drug-likeness (QED) is 0.543. The first-order valence-corrected chi connectivity index (χ1v) is 10.1. The lowest BCUT2D eigenvalue weighted by Crippen LogP contribution is -2.26. The van der Waals surface area contributed by atoms with Crippen molar-refractivity contribution < 1.29 is 14.3 Å². The van der Waals surface area contributed by atoms with Crippen LogP contribution >= 0.6 is 11.6 Å². The van der Waals surface area contributed by atoms with Gasteiger partial charge in [-0.3, -0.25) is 4.79 Å². The summed E-state index contributed by atoms with van der Waals surface area (Å²) >= 11 is 6.42. The summed E-state index contributed by atoms with van der Waals surface area (Å²) < 4.78 is 11.4. The number of benzene rings is 2. The summed E-state index contributed by atoms with van der Waals surface area (Å²) in [5.74, 6) is 0.777. The Morgan fingerprint density at radius 1 is 1.10 bits per heavy atom. The topological polar surface area (TPSA) is 62.8 Å². The fourth-order valence-electron chi connectivity index (χ4n) is 2.60. The van der Waals surface area contributed by atoms with E-state index in [1.54, 1.807) is 6.07 Å². The SMILES string of the molecule is CCOc1cc(CNCCN(C)C)c(Cl)cc1OCC(=O)Nc1ccc(C)cc1. The van der Waals surface area contributed by atoms with Crippen LogP contribution in [0.5, 0.6) is 11.5 Å². The van der Waals surface area contributed by atoms with Crippen molar-refractivity contribution in [2.45, 2.75) is 20.4 Å². The molecule has 0 aliphatic carbocycles. The molecule has 0 unspecified atom stereocenters. The second kappa shape index (κ2) is 11.7. The summed E-state index contributed by atoms with van der Waals surface area (Å²) in [6, 6.07) is 11.2. The van der Waals surface area contributed by atoms with E-state index in [0.717, 1.165) is 29.9 Å². The number of anilines is 1. The van der Waals surface area contributed by atoms with Crippen molar-refractivity contribution in [3.8, 4) is 11.5 Å². The molecule has 7 heteroatoms. The van der Waals surface area contributed by atoms with Crippen LogP contribution in [-0.2, 0) is 11.3 Å². The molecule has 158 valence electrons. The molecule has 0 aliphatic rings. The molecule has 0 saturated heterocycles. The number of ether oxygens (including phenoxy) is 2. The lowest BCUT2D eigenvalue weighted by Gasteiger charge is -2.16. The fraction of sp³-hybridized carbons (Fsp3) is 0.409. The van der Waals surface area contributed by atoms with E-state index >= 15 is 0 Å². The second-order valence-electron chi connectivity index (χ2n) is 7.01. The van der Waals surface area contributed by atoms with Crippen LogP contribution < -0.4 is 20.1 Å². The van der Waals surface area contributed by atoms with Crippen molar-refractivity contribution >= 4 is 23.2 Å². The fourth-order valence-corrected chi connectivity index (χ4v) is 2.82. The average Bonchev–Trinajstić information content (AvgIpc) is 2.67. The molecule has 2 aromatic rings. The van der Waals surface area contributed by atoms with E-state index in [-0.39, 0.29) is 12.5 Å². The van der Waals surface area contributed by atoms with Gasteiger partial charge in [-0.05, 0) is 51.7 Å². The molecule has 0 fully saturated rings. The van der Waals surface area contributed by atoms with Gasteiger partial charge in [-0.25, -0.2) is 0 Å². The number of nitrogens with zero attached hydrogens (tertiary/aromatic N) is 1. The molecule has 0 bridgehead atoms. The van der Waals surface area contributed by atoms with Gasteiger partial charge in [0.2, 0.25) is 0 Å². The zero-order chi connectivity index (χ0) is 21.2. The molecule has 0 aliphatic heterocycles. The number of hydrogen-bond donors (Lipinski definition) is 2. The van der Waals surface area contributed by atoms with Crippen molar-refractivity contribution in [1.82, 2.24) is 10.2 Å². The van der Waals surface area contributed by atoms with Crippen molar-refractivity contribution in [3.63, 3.8) is 0 Å². The summed E-state index contributed by atoms with van der Waals surface area (Å²) in [4.78, 5) is 14.3. The summed E-state index contributed by atoms with van der Waals surface area (Å²) in [5.41, 5.74) is 2.78. The van der Waals surface area contributed by atoms with E-state index in [1.165, 1.54) is 0 Å². The molecule has 0 spiro atoms. The molecule has 0 saturated carbocycles. The van der Waals surface area contributed by atoms with Gasteiger partial charge in [0.15, 0.2) is 18.1 Å². The third-order valence-corrected chi connectivity index (χ3v) is 4.51. The van der Waals surface area contributed by atoms with E-state index in [0.29, 0.717) is 29.7 Å². The van der Waals surface area contributed by atoms with Gasteiger partial charge in [0.25, 0.3) is 5.91 Å². The van der Waals surface area contributed by atoms with E-state index in [2.05, 4.69) is 15.5 Å². The van der Waals surface area contributed by atoms with Gasteiger partial charge in [0, 0.05) is 36.4 Å². The van der Waals surface area contributed by atoms with Gasteiger partial charge in [0.05, 0.1) is 6.61 Å². The van der Waals surface area contributed by atoms with Crippen LogP contribution in [0, 0.1) is 6.92 Å². The number of likely N-dealkylation sites (N-methyl/N-ethyl adjacent to an activating group) is 1. The lowest BCUT2D eigenvalue weighted by molar-refractivity contribution is -0.118. The predicted octanol–water partition coefficient (Wildman–Crippen LogP) is 3.72. The predicted molar refractivity (Wildman–Crippen MR) is 118 cm³/mol. The second-order valence-corrected chi connectivity index (χ2v) is 7.41. The highest BCUT2D eigenvalue weighted by molar-refractivity contribution is 6.31. The summed E-state index contributed by atoms with van der Waals surface area (Å²) in [5, 5.41) is 6.74. The van der Waals surface area contributed by atoms with Crippen molar-refractivity contribution in [2.75, 3.05) is 45.7 Å². The molecular weight excluding hydrogens is 390 g/mol. The largest absolute Gasteiger partial charge is 0.490 e. The van der Waals surface area contributed by atoms with E-state index in [1.807, 2.05) is 58.3 Å². The van der Waals surface area contributed by atoms with Crippen LogP contribution in [0.3, 0.4) is 0 Å². The molecule has 2 N–H and O–H groups in total. The smallest absolute Gasteiger partial charge is 0.262 e. The Morgan fingerprint density at radius 2 is 1.79 bits per heavy atom. The Balaban J connectivity index is 1.98. The monoisotopic (exact) mass is 419 g/mol. The molecule has 29 heavy (non-hydrogen) atoms. The van der Waals surface area contributed by atoms with Crippen LogP contribution in [0.1, 0.15) is 18.1 Å². The Hall–Kier alpha value is -2.28. The summed E-state index contributed by atoms with van der Waals surface area (Å²) in [7, 11) is 4.06. The number of carbonyl (C=O) groups is 1. The minimum absolute atomic E-state index is 0.134. The van der Waals surface area contributed by atoms with Gasteiger partial charge in [-0.2, -0.15) is 0 Å². The number of rotatable bonds is 11. The first kappa shape index (κ1) is 23.0. The molecule has 2 rings (SSSR count). The van der Waals surface area contributed by atoms with Crippen molar-refractivity contribution in [1.29, 1.82) is 0 Å². The zero-order valence-electron chi connectivity index (χ0n) is 17.5. The first-order chi connectivity index (χ1) is 13.9. The normalized spacial score (nSPS) is 10.8. The third kappa shape index (κ3) is 7.93. The molecule has 1 amide bonds. The maximum Gasteiger partial charge on any atom is 0.262 e. The van der Waals surface area contributed by atoms with Gasteiger partial charge >= 0.3 is 0 Å². The number of nitrogens with one attached hydrogen (secondary N) is 2. The van der Waals surface area contributed by atoms with E-state index < -0.39 is 0 Å². The Bertz CT molecular complexity index is 795. The van der Waals surface area contributed by atoms with Crippen molar-refractivity contribution in [3.05, 3.63) is 52.5 Å². The number of hydrogen-bond acceptors (Lipinski definition) is 5. The summed E-state index contributed by atoms with van der Waals surface area (Å²) in [6.07, 6.45) is 0. The molecule has 0 radical (unpaired) electrons. The standard InChI is InChI=1S/C22H30ClN3O3/c1-5-28-20-12-17(14-24-10-11-26(3)4)19(23)13-21(20)29-15-22(27)25-18-8-6-16(2)7-9-18/h6-9,12-13,24H,5,10-11,14-15H2,1-4H3,(H,25,27). The van der Waals surface area contributed by atoms with Gasteiger partial charge in [-0.15, -0.1) is 0 Å². The summed E-state index contributed by atoms with van der Waals surface area (Å²) in [6.45, 7) is 6.66. The highest BCUT2D eigenvalue weighted by atomic mass is 35.5. The molecule has 0 atom stereocenters. The number of carbonyl (C=O) groups excluding carboxylic acids is 1. The Labute approximate surface area is 178 Å². The van der Waals surface area contributed by atoms with Crippen LogP contribution in [0.25, 0.3) is 0 Å². The molecule has 2 aromatic carbocycles. The Kier molecular flexibility index (Phi) is 9.25. The number of halogens is 1. The molecule has 0 heterocycles. The van der Waals surface area contributed by atoms with Crippen molar-refractivity contribution in [2.24, 2.45) is 0 Å². The van der Waals surface area contributed by atoms with Gasteiger partial charge in [0.1, 0.15) is 0 Å². The Morgan fingerprint density at radius 3 is 2.45 bits per heavy atom. The average molecular weight is 420 g/mol. The maximum atomic E-state index is 12.2. The maximum absolute atomic E-state index is 12.2. The van der Waals surface area contributed by atoms with E-state index in [4.69, 9.17) is 21.1 Å². The van der Waals surface area contributed by atoms with Crippen LogP contribution in [0.2, 0.25) is 5.02 Å². The van der Waals surface area contributed by atoms with Crippen LogP contribution in [0.15, 0.2) is 36.4 Å². The van der Waals surface area contributed by atoms with Crippen LogP contribution in [-0.4, -0.2) is 51.2 Å².